The lowest BCUT2D eigenvalue weighted by Crippen LogP contribution is -2.21. The van der Waals surface area contributed by atoms with Crippen LogP contribution in [0, 0.1) is 0 Å². The topological polar surface area (TPSA) is 74.2 Å². The van der Waals surface area contributed by atoms with Crippen LogP contribution in [-0.2, 0) is 6.42 Å². The van der Waals surface area contributed by atoms with E-state index in [1.165, 1.54) is 12.1 Å². The van der Waals surface area contributed by atoms with E-state index < -0.39 is 6.61 Å². The highest BCUT2D eigenvalue weighted by atomic mass is 19.3. The summed E-state index contributed by atoms with van der Waals surface area (Å²) < 4.78 is 33.7. The van der Waals surface area contributed by atoms with Crippen molar-refractivity contribution in [2.75, 3.05) is 0 Å². The molecule has 2 rings (SSSR count). The number of halogens is 2. The zero-order valence-electron chi connectivity index (χ0n) is 10.9. The number of aromatic nitrogens is 2. The van der Waals surface area contributed by atoms with Crippen molar-refractivity contribution in [3.05, 3.63) is 30.1 Å². The zero-order chi connectivity index (χ0) is 14.5. The van der Waals surface area contributed by atoms with Gasteiger partial charge in [-0.2, -0.15) is 13.8 Å². The van der Waals surface area contributed by atoms with Gasteiger partial charge in [-0.15, -0.1) is 0 Å². The Bertz CT molecular complexity index is 560. The monoisotopic (exact) mass is 283 g/mol. The molecule has 0 bridgehead atoms. The van der Waals surface area contributed by atoms with E-state index >= 15 is 0 Å². The van der Waals surface area contributed by atoms with Gasteiger partial charge in [0, 0.05) is 18.0 Å². The quantitative estimate of drug-likeness (QED) is 0.882. The molecule has 1 atom stereocenters. The van der Waals surface area contributed by atoms with E-state index in [-0.39, 0.29) is 17.7 Å². The molecule has 1 aromatic heterocycles. The average molecular weight is 283 g/mol. The first kappa shape index (κ1) is 14.4. The molecule has 2 aromatic rings. The highest BCUT2D eigenvalue weighted by Crippen LogP contribution is 2.23. The van der Waals surface area contributed by atoms with Gasteiger partial charge in [0.25, 0.3) is 5.89 Å². The normalized spacial score (nSPS) is 12.7. The molecule has 2 N–H and O–H groups in total. The Morgan fingerprint density at radius 1 is 1.40 bits per heavy atom. The van der Waals surface area contributed by atoms with Crippen molar-refractivity contribution in [1.29, 1.82) is 0 Å². The Balaban J connectivity index is 2.15. The van der Waals surface area contributed by atoms with Crippen LogP contribution in [0.1, 0.15) is 19.2 Å². The van der Waals surface area contributed by atoms with Crippen molar-refractivity contribution in [1.82, 2.24) is 10.1 Å². The van der Waals surface area contributed by atoms with E-state index in [2.05, 4.69) is 14.9 Å². The summed E-state index contributed by atoms with van der Waals surface area (Å²) in [7, 11) is 0. The number of alkyl halides is 2. The molecule has 0 saturated carbocycles. The summed E-state index contributed by atoms with van der Waals surface area (Å²) in [5.74, 6) is 0.792. The lowest BCUT2D eigenvalue weighted by molar-refractivity contribution is -0.0498. The Hall–Kier alpha value is -2.02. The Morgan fingerprint density at radius 3 is 2.90 bits per heavy atom. The summed E-state index contributed by atoms with van der Waals surface area (Å²) in [6.07, 6.45) is 1.31. The van der Waals surface area contributed by atoms with Crippen molar-refractivity contribution >= 4 is 0 Å². The van der Waals surface area contributed by atoms with Crippen LogP contribution in [0.5, 0.6) is 5.75 Å². The minimum Gasteiger partial charge on any atom is -0.435 e. The van der Waals surface area contributed by atoms with Crippen LogP contribution in [0.2, 0.25) is 0 Å². The summed E-state index contributed by atoms with van der Waals surface area (Å²) in [6, 6.07) is 6.07. The molecule has 1 heterocycles. The predicted octanol–water partition coefficient (Wildman–Crippen LogP) is 2.62. The zero-order valence-corrected chi connectivity index (χ0v) is 10.9. The minimum atomic E-state index is -2.87. The van der Waals surface area contributed by atoms with Gasteiger partial charge in [-0.25, -0.2) is 0 Å². The largest absolute Gasteiger partial charge is 0.435 e. The Kier molecular flexibility index (Phi) is 4.62. The molecule has 1 unspecified atom stereocenters. The lowest BCUT2D eigenvalue weighted by atomic mass is 10.1. The smallest absolute Gasteiger partial charge is 0.387 e. The maximum absolute atomic E-state index is 12.2. The van der Waals surface area contributed by atoms with Crippen LogP contribution in [0.4, 0.5) is 8.78 Å². The first-order valence-corrected chi connectivity index (χ1v) is 6.22. The molecule has 0 aliphatic rings. The summed E-state index contributed by atoms with van der Waals surface area (Å²) in [4.78, 5) is 4.19. The van der Waals surface area contributed by atoms with Crippen molar-refractivity contribution in [2.45, 2.75) is 32.4 Å². The molecule has 0 fully saturated rings. The molecule has 0 aliphatic heterocycles. The molecule has 20 heavy (non-hydrogen) atoms. The van der Waals surface area contributed by atoms with Crippen molar-refractivity contribution in [3.63, 3.8) is 0 Å². The third kappa shape index (κ3) is 3.74. The molecule has 108 valence electrons. The van der Waals surface area contributed by atoms with E-state index in [4.69, 9.17) is 10.3 Å². The molecule has 7 heteroatoms. The van der Waals surface area contributed by atoms with E-state index in [0.717, 1.165) is 6.42 Å². The number of nitrogens with two attached hydrogens (primary N) is 1. The fraction of sp³-hybridized carbons (Fsp3) is 0.385. The van der Waals surface area contributed by atoms with Gasteiger partial charge in [-0.3, -0.25) is 0 Å². The third-order valence-electron chi connectivity index (χ3n) is 2.74. The van der Waals surface area contributed by atoms with E-state index in [9.17, 15) is 8.78 Å². The molecule has 0 aliphatic carbocycles. The maximum atomic E-state index is 12.2. The van der Waals surface area contributed by atoms with Crippen LogP contribution in [0.25, 0.3) is 11.5 Å². The number of hydrogen-bond acceptors (Lipinski definition) is 5. The summed E-state index contributed by atoms with van der Waals surface area (Å²) in [5.41, 5.74) is 6.33. The molecular weight excluding hydrogens is 268 g/mol. The minimum absolute atomic E-state index is 0.0334. The first-order chi connectivity index (χ1) is 9.58. The van der Waals surface area contributed by atoms with Crippen molar-refractivity contribution < 1.29 is 18.0 Å². The fourth-order valence-corrected chi connectivity index (χ4v) is 1.64. The van der Waals surface area contributed by atoms with Crippen molar-refractivity contribution in [2.24, 2.45) is 5.73 Å². The molecular formula is C13H15F2N3O2. The second kappa shape index (κ2) is 6.42. The van der Waals surface area contributed by atoms with Gasteiger partial charge >= 0.3 is 6.61 Å². The van der Waals surface area contributed by atoms with Gasteiger partial charge in [0.2, 0.25) is 0 Å². The highest BCUT2D eigenvalue weighted by molar-refractivity contribution is 5.55. The molecule has 5 nitrogen and oxygen atoms in total. The number of ether oxygens (including phenoxy) is 1. The van der Waals surface area contributed by atoms with Gasteiger partial charge < -0.3 is 15.0 Å². The second-order valence-electron chi connectivity index (χ2n) is 4.29. The van der Waals surface area contributed by atoms with Crippen LogP contribution in [0.15, 0.2) is 28.8 Å². The van der Waals surface area contributed by atoms with Crippen LogP contribution in [0.3, 0.4) is 0 Å². The SMILES string of the molecule is CCC(N)Cc1noc(-c2cccc(OC(F)F)c2)n1. The Labute approximate surface area is 114 Å². The molecule has 1 aromatic carbocycles. The fourth-order valence-electron chi connectivity index (χ4n) is 1.64. The summed E-state index contributed by atoms with van der Waals surface area (Å²) in [6.45, 7) is -0.900. The summed E-state index contributed by atoms with van der Waals surface area (Å²) in [5, 5.41) is 3.82. The molecule has 0 spiro atoms. The number of nitrogens with zero attached hydrogens (tertiary/aromatic N) is 2. The molecule has 0 saturated heterocycles. The second-order valence-corrected chi connectivity index (χ2v) is 4.29. The van der Waals surface area contributed by atoms with E-state index in [1.54, 1.807) is 12.1 Å². The van der Waals surface area contributed by atoms with E-state index in [1.807, 2.05) is 6.92 Å². The number of hydrogen-bond donors (Lipinski definition) is 1. The standard InChI is InChI=1S/C13H15F2N3O2/c1-2-9(16)7-11-17-12(20-18-11)8-4-3-5-10(6-8)19-13(14)15/h3-6,9,13H,2,7,16H2,1H3. The van der Waals surface area contributed by atoms with Gasteiger partial charge in [-0.1, -0.05) is 18.1 Å². The third-order valence-corrected chi connectivity index (χ3v) is 2.74. The average Bonchev–Trinajstić information content (AvgIpc) is 2.86. The van der Waals surface area contributed by atoms with Gasteiger partial charge in [0.15, 0.2) is 5.82 Å². The van der Waals surface area contributed by atoms with Crippen molar-refractivity contribution in [3.8, 4) is 17.2 Å². The van der Waals surface area contributed by atoms with Gasteiger partial charge in [0.05, 0.1) is 0 Å². The number of rotatable bonds is 6. The predicted molar refractivity (Wildman–Crippen MR) is 68.3 cm³/mol. The highest BCUT2D eigenvalue weighted by Gasteiger charge is 2.13. The Morgan fingerprint density at radius 2 is 2.20 bits per heavy atom. The summed E-state index contributed by atoms with van der Waals surface area (Å²) >= 11 is 0. The maximum Gasteiger partial charge on any atom is 0.387 e. The first-order valence-electron chi connectivity index (χ1n) is 6.22. The van der Waals surface area contributed by atoms with Gasteiger partial charge in [-0.05, 0) is 24.6 Å². The lowest BCUT2D eigenvalue weighted by Gasteiger charge is -2.04. The van der Waals surface area contributed by atoms with E-state index in [0.29, 0.717) is 17.8 Å². The van der Waals surface area contributed by atoms with Crippen LogP contribution >= 0.6 is 0 Å². The molecule has 0 amide bonds. The number of benzene rings is 1. The van der Waals surface area contributed by atoms with Gasteiger partial charge in [0.1, 0.15) is 5.75 Å². The van der Waals surface area contributed by atoms with Crippen LogP contribution < -0.4 is 10.5 Å². The molecule has 0 radical (unpaired) electrons. The van der Waals surface area contributed by atoms with Crippen LogP contribution in [-0.4, -0.2) is 22.8 Å².